The van der Waals surface area contributed by atoms with Gasteiger partial charge >= 0.3 is 11.6 Å². The number of carboxylic acids is 1. The number of aryl methyl sites for hydroxylation is 2. The number of hydrogen-bond donors (Lipinski definition) is 1. The van der Waals surface area contributed by atoms with Crippen LogP contribution in [0.3, 0.4) is 0 Å². The van der Waals surface area contributed by atoms with Gasteiger partial charge in [0, 0.05) is 24.5 Å². The lowest BCUT2D eigenvalue weighted by atomic mass is 9.92. The van der Waals surface area contributed by atoms with E-state index in [1.165, 1.54) is 0 Å². The van der Waals surface area contributed by atoms with Gasteiger partial charge in [-0.2, -0.15) is 0 Å². The van der Waals surface area contributed by atoms with Crippen molar-refractivity contribution in [1.82, 2.24) is 4.90 Å². The molecule has 7 heteroatoms. The molecule has 0 spiro atoms. The summed E-state index contributed by atoms with van der Waals surface area (Å²) >= 11 is 0. The summed E-state index contributed by atoms with van der Waals surface area (Å²) < 4.78 is 11.6. The molecular weight excluding hydrogens is 386 g/mol. The van der Waals surface area contributed by atoms with Crippen LogP contribution in [-0.4, -0.2) is 40.6 Å². The number of amides is 1. The van der Waals surface area contributed by atoms with Crippen molar-refractivity contribution in [2.45, 2.75) is 58.5 Å². The van der Waals surface area contributed by atoms with Gasteiger partial charge in [0.15, 0.2) is 0 Å². The summed E-state index contributed by atoms with van der Waals surface area (Å²) in [4.78, 5) is 38.2. The molecule has 30 heavy (non-hydrogen) atoms. The number of carbonyl (C=O) groups excluding carboxylic acids is 1. The Kier molecular flexibility index (Phi) is 5.08. The Hall–Kier alpha value is -2.83. The van der Waals surface area contributed by atoms with Crippen molar-refractivity contribution in [2.75, 3.05) is 13.1 Å². The van der Waals surface area contributed by atoms with E-state index in [9.17, 15) is 14.4 Å². The highest BCUT2D eigenvalue weighted by Gasteiger charge is 2.29. The number of carboxylic acid groups (broad SMARTS) is 1. The molecule has 0 aliphatic carbocycles. The molecule has 160 valence electrons. The van der Waals surface area contributed by atoms with E-state index in [0.29, 0.717) is 37.1 Å². The van der Waals surface area contributed by atoms with E-state index in [1.807, 2.05) is 26.8 Å². The van der Waals surface area contributed by atoms with Crippen molar-refractivity contribution >= 4 is 22.8 Å². The molecule has 1 aromatic heterocycles. The first-order valence-corrected chi connectivity index (χ1v) is 10.4. The Bertz CT molecular complexity index is 1080. The second kappa shape index (κ2) is 7.45. The van der Waals surface area contributed by atoms with Crippen LogP contribution in [0.2, 0.25) is 0 Å². The lowest BCUT2D eigenvalue weighted by Crippen LogP contribution is -2.41. The zero-order chi connectivity index (χ0) is 21.6. The van der Waals surface area contributed by atoms with E-state index in [4.69, 9.17) is 14.3 Å². The van der Waals surface area contributed by atoms with Crippen molar-refractivity contribution in [3.63, 3.8) is 0 Å². The van der Waals surface area contributed by atoms with Gasteiger partial charge in [0.2, 0.25) is 5.91 Å². The molecule has 1 saturated heterocycles. The van der Waals surface area contributed by atoms with E-state index in [0.717, 1.165) is 35.1 Å². The van der Waals surface area contributed by atoms with Crippen LogP contribution in [-0.2, 0) is 22.4 Å². The van der Waals surface area contributed by atoms with E-state index >= 15 is 0 Å². The Morgan fingerprint density at radius 3 is 2.60 bits per heavy atom. The number of hydrogen-bond acceptors (Lipinski definition) is 5. The molecule has 1 amide bonds. The minimum atomic E-state index is -0.816. The summed E-state index contributed by atoms with van der Waals surface area (Å²) in [6.07, 6.45) is 2.62. The Balaban J connectivity index is 1.60. The highest BCUT2D eigenvalue weighted by atomic mass is 16.5. The van der Waals surface area contributed by atoms with E-state index in [2.05, 4.69) is 0 Å². The number of nitrogens with zero attached hydrogens (tertiary/aromatic N) is 1. The van der Waals surface area contributed by atoms with Crippen LogP contribution in [0.15, 0.2) is 21.3 Å². The van der Waals surface area contributed by atoms with Crippen LogP contribution >= 0.6 is 0 Å². The third kappa shape index (κ3) is 3.80. The number of carbonyl (C=O) groups is 2. The maximum Gasteiger partial charge on any atom is 0.340 e. The van der Waals surface area contributed by atoms with Crippen molar-refractivity contribution < 1.29 is 23.8 Å². The van der Waals surface area contributed by atoms with E-state index in [-0.39, 0.29) is 17.9 Å². The first kappa shape index (κ1) is 20.4. The summed E-state index contributed by atoms with van der Waals surface area (Å²) in [7, 11) is 0. The van der Waals surface area contributed by atoms with E-state index in [1.54, 1.807) is 11.0 Å². The zero-order valence-electron chi connectivity index (χ0n) is 17.6. The average Bonchev–Trinajstić information content (AvgIpc) is 2.69. The SMILES string of the molecule is Cc1c(CC(=O)N2CCC(C(=O)O)CC2)c(=O)oc2cc3c(cc12)CCC(C)(C)O3. The minimum absolute atomic E-state index is 0.0392. The fourth-order valence-electron chi connectivity index (χ4n) is 4.38. The standard InChI is InChI=1S/C23H27NO6/c1-13-16-10-15-4-7-23(2,3)30-18(15)12-19(16)29-22(28)17(13)11-20(25)24-8-5-14(6-9-24)21(26)27/h10,12,14H,4-9,11H2,1-3H3,(H,26,27). The number of fused-ring (bicyclic) bond motifs is 2. The van der Waals surface area contributed by atoms with Crippen LogP contribution in [0, 0.1) is 12.8 Å². The highest BCUT2D eigenvalue weighted by Crippen LogP contribution is 2.36. The van der Waals surface area contributed by atoms with Crippen molar-refractivity contribution in [3.05, 3.63) is 39.2 Å². The number of likely N-dealkylation sites (tertiary alicyclic amines) is 1. The Morgan fingerprint density at radius 1 is 1.23 bits per heavy atom. The molecule has 2 aromatic rings. The fourth-order valence-corrected chi connectivity index (χ4v) is 4.38. The van der Waals surface area contributed by atoms with Crippen molar-refractivity contribution in [3.8, 4) is 5.75 Å². The number of piperidine rings is 1. The molecular formula is C23H27NO6. The van der Waals surface area contributed by atoms with Crippen LogP contribution < -0.4 is 10.4 Å². The smallest absolute Gasteiger partial charge is 0.340 e. The second-order valence-corrected chi connectivity index (χ2v) is 8.98. The monoisotopic (exact) mass is 413 g/mol. The van der Waals surface area contributed by atoms with Gasteiger partial charge in [0.05, 0.1) is 17.9 Å². The predicted octanol–water partition coefficient (Wildman–Crippen LogP) is 3.07. The van der Waals surface area contributed by atoms with E-state index < -0.39 is 17.5 Å². The van der Waals surface area contributed by atoms with Gasteiger partial charge in [-0.3, -0.25) is 9.59 Å². The molecule has 4 rings (SSSR count). The summed E-state index contributed by atoms with van der Waals surface area (Å²) in [5.74, 6) is -0.647. The van der Waals surface area contributed by atoms with Gasteiger partial charge in [-0.05, 0) is 63.6 Å². The zero-order valence-corrected chi connectivity index (χ0v) is 17.6. The maximum absolute atomic E-state index is 12.8. The summed E-state index contributed by atoms with van der Waals surface area (Å²) in [6.45, 7) is 6.71. The maximum atomic E-state index is 12.8. The Labute approximate surface area is 174 Å². The number of benzene rings is 1. The first-order chi connectivity index (χ1) is 14.1. The molecule has 0 radical (unpaired) electrons. The average molecular weight is 413 g/mol. The normalized spacial score (nSPS) is 18.7. The molecule has 0 saturated carbocycles. The predicted molar refractivity (Wildman–Crippen MR) is 111 cm³/mol. The van der Waals surface area contributed by atoms with Gasteiger partial charge in [0.1, 0.15) is 16.9 Å². The quantitative estimate of drug-likeness (QED) is 0.777. The molecule has 3 heterocycles. The molecule has 7 nitrogen and oxygen atoms in total. The number of aliphatic carboxylic acids is 1. The molecule has 2 aliphatic rings. The highest BCUT2D eigenvalue weighted by molar-refractivity contribution is 5.86. The molecule has 1 N–H and O–H groups in total. The third-order valence-corrected chi connectivity index (χ3v) is 6.38. The molecule has 1 aromatic carbocycles. The minimum Gasteiger partial charge on any atom is -0.487 e. The summed E-state index contributed by atoms with van der Waals surface area (Å²) in [6, 6.07) is 3.78. The van der Waals surface area contributed by atoms with Crippen LogP contribution in [0.4, 0.5) is 0 Å². The van der Waals surface area contributed by atoms with Crippen molar-refractivity contribution in [2.24, 2.45) is 5.92 Å². The van der Waals surface area contributed by atoms with Gasteiger partial charge in [-0.15, -0.1) is 0 Å². The number of rotatable bonds is 3. The molecule has 2 aliphatic heterocycles. The first-order valence-electron chi connectivity index (χ1n) is 10.4. The lowest BCUT2D eigenvalue weighted by Gasteiger charge is -2.32. The second-order valence-electron chi connectivity index (χ2n) is 8.98. The van der Waals surface area contributed by atoms with Crippen molar-refractivity contribution in [1.29, 1.82) is 0 Å². The number of ether oxygens (including phenoxy) is 1. The largest absolute Gasteiger partial charge is 0.487 e. The molecule has 0 unspecified atom stereocenters. The van der Waals surface area contributed by atoms with Crippen LogP contribution in [0.25, 0.3) is 11.0 Å². The van der Waals surface area contributed by atoms with Gasteiger partial charge < -0.3 is 19.2 Å². The third-order valence-electron chi connectivity index (χ3n) is 6.38. The fraction of sp³-hybridized carbons (Fsp3) is 0.522. The van der Waals surface area contributed by atoms with Gasteiger partial charge in [-0.25, -0.2) is 4.79 Å². The van der Waals surface area contributed by atoms with Crippen LogP contribution in [0.5, 0.6) is 5.75 Å². The lowest BCUT2D eigenvalue weighted by molar-refractivity contribution is -0.145. The molecule has 0 atom stereocenters. The topological polar surface area (TPSA) is 97.1 Å². The van der Waals surface area contributed by atoms with Gasteiger partial charge in [0.25, 0.3) is 0 Å². The molecule has 0 bridgehead atoms. The van der Waals surface area contributed by atoms with Crippen LogP contribution in [0.1, 0.15) is 49.8 Å². The van der Waals surface area contributed by atoms with Gasteiger partial charge in [-0.1, -0.05) is 0 Å². The molecule has 1 fully saturated rings. The Morgan fingerprint density at radius 2 is 1.93 bits per heavy atom. The summed E-state index contributed by atoms with van der Waals surface area (Å²) in [5, 5.41) is 9.94. The summed E-state index contributed by atoms with van der Waals surface area (Å²) in [5.41, 5.74) is 1.90.